The van der Waals surface area contributed by atoms with Crippen LogP contribution in [-0.4, -0.2) is 55.0 Å². The van der Waals surface area contributed by atoms with Crippen LogP contribution in [0.3, 0.4) is 0 Å². The van der Waals surface area contributed by atoms with E-state index < -0.39 is 0 Å². The van der Waals surface area contributed by atoms with Crippen LogP contribution in [-0.2, 0) is 6.42 Å². The van der Waals surface area contributed by atoms with E-state index in [2.05, 4.69) is 59.3 Å². The highest BCUT2D eigenvalue weighted by molar-refractivity contribution is 7.16. The second-order valence-corrected chi connectivity index (χ2v) is 9.68. The fraction of sp³-hybridized carbons (Fsp3) is 0.393. The van der Waals surface area contributed by atoms with Gasteiger partial charge in [0.2, 0.25) is 0 Å². The number of nitrogens with one attached hydrogen (secondary N) is 1. The first kappa shape index (κ1) is 24.5. The maximum absolute atomic E-state index is 13.1. The molecule has 0 bridgehead atoms. The lowest BCUT2D eigenvalue weighted by molar-refractivity contribution is 0.102. The smallest absolute Gasteiger partial charge is 0.256 e. The van der Waals surface area contributed by atoms with Crippen LogP contribution in [0.5, 0.6) is 5.75 Å². The molecule has 1 aliphatic rings. The summed E-state index contributed by atoms with van der Waals surface area (Å²) >= 11 is 1.69. The number of benzene rings is 2. The molecule has 1 fully saturated rings. The van der Waals surface area contributed by atoms with Crippen molar-refractivity contribution in [3.8, 4) is 5.75 Å². The van der Waals surface area contributed by atoms with Gasteiger partial charge < -0.3 is 15.0 Å². The van der Waals surface area contributed by atoms with E-state index >= 15 is 0 Å². The van der Waals surface area contributed by atoms with Crippen molar-refractivity contribution in [2.45, 2.75) is 33.2 Å². The molecule has 34 heavy (non-hydrogen) atoms. The summed E-state index contributed by atoms with van der Waals surface area (Å²) in [7, 11) is 0. The molecule has 5 nitrogen and oxygen atoms in total. The molecule has 1 aromatic heterocycles. The van der Waals surface area contributed by atoms with Crippen molar-refractivity contribution >= 4 is 22.2 Å². The number of hydrogen-bond acceptors (Lipinski definition) is 5. The second kappa shape index (κ2) is 11.6. The van der Waals surface area contributed by atoms with Crippen LogP contribution in [0.2, 0.25) is 0 Å². The molecule has 4 rings (SSSR count). The summed E-state index contributed by atoms with van der Waals surface area (Å²) in [5.74, 6) is 0.825. The average Bonchev–Trinajstić information content (AvgIpc) is 3.28. The van der Waals surface area contributed by atoms with Crippen molar-refractivity contribution in [1.82, 2.24) is 9.80 Å². The third-order valence-electron chi connectivity index (χ3n) is 6.44. The van der Waals surface area contributed by atoms with Gasteiger partial charge in [0.05, 0.1) is 12.6 Å². The predicted octanol–water partition coefficient (Wildman–Crippen LogP) is 5.69. The molecule has 2 aromatic carbocycles. The zero-order valence-electron chi connectivity index (χ0n) is 20.4. The zero-order valence-corrected chi connectivity index (χ0v) is 21.2. The van der Waals surface area contributed by atoms with E-state index in [-0.39, 0.29) is 11.9 Å². The van der Waals surface area contributed by atoms with Crippen LogP contribution in [0.15, 0.2) is 60.7 Å². The third-order valence-corrected chi connectivity index (χ3v) is 7.65. The second-order valence-electron chi connectivity index (χ2n) is 8.55. The molecule has 6 heteroatoms. The van der Waals surface area contributed by atoms with E-state index in [1.807, 2.05) is 37.3 Å². The van der Waals surface area contributed by atoms with Gasteiger partial charge in [0.1, 0.15) is 10.8 Å². The minimum absolute atomic E-state index is 0.0624. The normalized spacial score (nSPS) is 15.7. The summed E-state index contributed by atoms with van der Waals surface area (Å²) in [5.41, 5.74) is 3.08. The molecule has 3 aromatic rings. The summed E-state index contributed by atoms with van der Waals surface area (Å²) in [6, 6.07) is 20.3. The van der Waals surface area contributed by atoms with Crippen molar-refractivity contribution < 1.29 is 9.53 Å². The highest BCUT2D eigenvalue weighted by Gasteiger charge is 2.29. The van der Waals surface area contributed by atoms with Gasteiger partial charge >= 0.3 is 0 Å². The average molecular weight is 478 g/mol. The number of thiophene rings is 1. The van der Waals surface area contributed by atoms with Crippen LogP contribution < -0.4 is 10.1 Å². The van der Waals surface area contributed by atoms with Gasteiger partial charge in [0.25, 0.3) is 5.91 Å². The van der Waals surface area contributed by atoms with E-state index in [1.165, 1.54) is 16.0 Å². The molecule has 1 aliphatic heterocycles. The standard InChI is InChI=1S/C28H35N3O2S/c1-4-24-20-25(28(34-24)29-27(32)22-10-8-7-9-11-22)26(31-18-16-30(5-2)17-19-31)21-12-14-23(15-13-21)33-6-3/h7-15,20,26H,4-6,16-19H2,1-3H3,(H,29,32)/t26-/m1/s1. The predicted molar refractivity (Wildman–Crippen MR) is 141 cm³/mol. The molecule has 1 saturated heterocycles. The molecule has 0 aliphatic carbocycles. The van der Waals surface area contributed by atoms with Crippen molar-refractivity contribution in [3.05, 3.63) is 82.2 Å². The number of carbonyl (C=O) groups excluding carboxylic acids is 1. The Morgan fingerprint density at radius 3 is 2.32 bits per heavy atom. The Kier molecular flexibility index (Phi) is 8.38. The highest BCUT2D eigenvalue weighted by atomic mass is 32.1. The van der Waals surface area contributed by atoms with E-state index in [0.29, 0.717) is 12.2 Å². The number of nitrogens with zero attached hydrogens (tertiary/aromatic N) is 2. The minimum atomic E-state index is -0.0624. The first-order valence-electron chi connectivity index (χ1n) is 12.3. The van der Waals surface area contributed by atoms with Crippen LogP contribution in [0.25, 0.3) is 0 Å². The van der Waals surface area contributed by atoms with Crippen molar-refractivity contribution in [2.75, 3.05) is 44.6 Å². The van der Waals surface area contributed by atoms with Gasteiger partial charge in [0.15, 0.2) is 0 Å². The van der Waals surface area contributed by atoms with Gasteiger partial charge in [-0.05, 0) is 55.8 Å². The maximum Gasteiger partial charge on any atom is 0.256 e. The fourth-order valence-electron chi connectivity index (χ4n) is 4.54. The summed E-state index contributed by atoms with van der Waals surface area (Å²) in [6.07, 6.45) is 0.943. The number of anilines is 1. The Bertz CT molecular complexity index is 1060. The summed E-state index contributed by atoms with van der Waals surface area (Å²) < 4.78 is 5.69. The molecule has 0 saturated carbocycles. The van der Waals surface area contributed by atoms with Gasteiger partial charge in [-0.15, -0.1) is 11.3 Å². The number of ether oxygens (including phenoxy) is 1. The lowest BCUT2D eigenvalue weighted by Gasteiger charge is -2.39. The topological polar surface area (TPSA) is 44.8 Å². The number of hydrogen-bond donors (Lipinski definition) is 1. The minimum Gasteiger partial charge on any atom is -0.494 e. The Morgan fingerprint density at radius 2 is 1.71 bits per heavy atom. The maximum atomic E-state index is 13.1. The van der Waals surface area contributed by atoms with Gasteiger partial charge in [-0.1, -0.05) is 44.2 Å². The molecule has 1 amide bonds. The number of amides is 1. The van der Waals surface area contributed by atoms with Gasteiger partial charge in [-0.25, -0.2) is 0 Å². The molecule has 180 valence electrons. The van der Waals surface area contributed by atoms with Crippen LogP contribution >= 0.6 is 11.3 Å². The Labute approximate surface area is 207 Å². The van der Waals surface area contributed by atoms with Crippen molar-refractivity contribution in [1.29, 1.82) is 0 Å². The number of carbonyl (C=O) groups is 1. The Hall–Kier alpha value is -2.67. The Morgan fingerprint density at radius 1 is 1.00 bits per heavy atom. The number of piperazine rings is 1. The lowest BCUT2D eigenvalue weighted by atomic mass is 9.97. The molecule has 0 unspecified atom stereocenters. The van der Waals surface area contributed by atoms with Gasteiger partial charge in [0, 0.05) is 42.2 Å². The molecular weight excluding hydrogens is 442 g/mol. The summed E-state index contributed by atoms with van der Waals surface area (Å²) in [6.45, 7) is 12.2. The highest BCUT2D eigenvalue weighted by Crippen LogP contribution is 2.40. The third kappa shape index (κ3) is 5.69. The quantitative estimate of drug-likeness (QED) is 0.430. The van der Waals surface area contributed by atoms with E-state index in [0.717, 1.165) is 49.9 Å². The fourth-order valence-corrected chi connectivity index (χ4v) is 5.56. The molecule has 0 spiro atoms. The summed E-state index contributed by atoms with van der Waals surface area (Å²) in [5, 5.41) is 4.19. The van der Waals surface area contributed by atoms with E-state index in [4.69, 9.17) is 4.74 Å². The van der Waals surface area contributed by atoms with Crippen molar-refractivity contribution in [3.63, 3.8) is 0 Å². The Balaban J connectivity index is 1.70. The van der Waals surface area contributed by atoms with Crippen molar-refractivity contribution in [2.24, 2.45) is 0 Å². The molecular formula is C28H35N3O2S. The van der Waals surface area contributed by atoms with Crippen LogP contribution in [0, 0.1) is 0 Å². The van der Waals surface area contributed by atoms with Gasteiger partial charge in [-0.2, -0.15) is 0 Å². The number of rotatable bonds is 9. The van der Waals surface area contributed by atoms with Crippen LogP contribution in [0.4, 0.5) is 5.00 Å². The monoisotopic (exact) mass is 477 g/mol. The first-order chi connectivity index (χ1) is 16.6. The number of aryl methyl sites for hydroxylation is 1. The number of likely N-dealkylation sites (N-methyl/N-ethyl adjacent to an activating group) is 1. The SMILES string of the molecule is CCOc1ccc([C@H](c2cc(CC)sc2NC(=O)c2ccccc2)N2CCN(CC)CC2)cc1. The largest absolute Gasteiger partial charge is 0.494 e. The summed E-state index contributed by atoms with van der Waals surface area (Å²) in [4.78, 5) is 19.4. The molecule has 2 heterocycles. The molecule has 1 atom stereocenters. The first-order valence-corrected chi connectivity index (χ1v) is 13.1. The lowest BCUT2D eigenvalue weighted by Crippen LogP contribution is -2.47. The van der Waals surface area contributed by atoms with Gasteiger partial charge in [-0.3, -0.25) is 9.69 Å². The van der Waals surface area contributed by atoms with E-state index in [9.17, 15) is 4.79 Å². The molecule has 1 N–H and O–H groups in total. The molecule has 0 radical (unpaired) electrons. The zero-order chi connectivity index (χ0) is 23.9. The van der Waals surface area contributed by atoms with Crippen LogP contribution in [0.1, 0.15) is 53.2 Å². The van der Waals surface area contributed by atoms with E-state index in [1.54, 1.807) is 11.3 Å².